The maximum Gasteiger partial charge on any atom is 0.306 e. The van der Waals surface area contributed by atoms with Gasteiger partial charge in [-0.3, -0.25) is 19.4 Å². The largest absolute Gasteiger partial charge is 0.481 e. The maximum absolute atomic E-state index is 12.9. The SMILES string of the molecule is CC(C)C[C@H](CC(=O)[C@H](Cc1ccccc1)NC(=O)c1cnccn1)C(=O)O. The summed E-state index contributed by atoms with van der Waals surface area (Å²) in [7, 11) is 0. The highest BCUT2D eigenvalue weighted by molar-refractivity contribution is 5.97. The number of aliphatic carboxylic acids is 1. The fourth-order valence-electron chi connectivity index (χ4n) is 2.97. The molecule has 148 valence electrons. The van der Waals surface area contributed by atoms with Gasteiger partial charge in [0, 0.05) is 18.8 Å². The second-order valence-corrected chi connectivity index (χ2v) is 7.14. The molecule has 1 heterocycles. The van der Waals surface area contributed by atoms with Crippen LogP contribution < -0.4 is 5.32 Å². The lowest BCUT2D eigenvalue weighted by Crippen LogP contribution is -2.43. The number of nitrogens with one attached hydrogen (secondary N) is 1. The quantitative estimate of drug-likeness (QED) is 0.652. The third-order valence-corrected chi connectivity index (χ3v) is 4.33. The summed E-state index contributed by atoms with van der Waals surface area (Å²) in [4.78, 5) is 44.7. The smallest absolute Gasteiger partial charge is 0.306 e. The predicted molar refractivity (Wildman–Crippen MR) is 104 cm³/mol. The molecule has 0 saturated heterocycles. The van der Waals surface area contributed by atoms with Crippen LogP contribution in [0.15, 0.2) is 48.9 Å². The van der Waals surface area contributed by atoms with E-state index in [0.29, 0.717) is 6.42 Å². The number of nitrogens with zero attached hydrogens (tertiary/aromatic N) is 2. The zero-order chi connectivity index (χ0) is 20.5. The normalized spacial score (nSPS) is 13.0. The van der Waals surface area contributed by atoms with Crippen LogP contribution in [-0.4, -0.2) is 38.8 Å². The second kappa shape index (κ2) is 10.3. The summed E-state index contributed by atoms with van der Waals surface area (Å²) in [6, 6.07) is 8.43. The predicted octanol–water partition coefficient (Wildman–Crippen LogP) is 2.52. The van der Waals surface area contributed by atoms with Gasteiger partial charge in [0.2, 0.25) is 0 Å². The van der Waals surface area contributed by atoms with Crippen LogP contribution >= 0.6 is 0 Å². The Morgan fingerprint density at radius 2 is 1.82 bits per heavy atom. The molecular weight excluding hydrogens is 358 g/mol. The number of rotatable bonds is 10. The van der Waals surface area contributed by atoms with Crippen molar-refractivity contribution in [2.45, 2.75) is 39.2 Å². The lowest BCUT2D eigenvalue weighted by molar-refractivity contribution is -0.144. The van der Waals surface area contributed by atoms with Crippen molar-refractivity contribution in [2.75, 3.05) is 0 Å². The van der Waals surface area contributed by atoms with Crippen LogP contribution in [0.3, 0.4) is 0 Å². The van der Waals surface area contributed by atoms with E-state index in [9.17, 15) is 19.5 Å². The lowest BCUT2D eigenvalue weighted by atomic mass is 9.89. The summed E-state index contributed by atoms with van der Waals surface area (Å²) in [6.45, 7) is 3.83. The molecule has 1 amide bonds. The highest BCUT2D eigenvalue weighted by atomic mass is 16.4. The molecule has 2 atom stereocenters. The minimum Gasteiger partial charge on any atom is -0.481 e. The minimum atomic E-state index is -0.999. The first-order chi connectivity index (χ1) is 13.4. The summed E-state index contributed by atoms with van der Waals surface area (Å²) in [5.41, 5.74) is 0.973. The zero-order valence-electron chi connectivity index (χ0n) is 16.0. The van der Waals surface area contributed by atoms with E-state index in [1.54, 1.807) is 0 Å². The van der Waals surface area contributed by atoms with Crippen molar-refractivity contribution in [3.8, 4) is 0 Å². The molecule has 1 aromatic heterocycles. The van der Waals surface area contributed by atoms with Crippen molar-refractivity contribution < 1.29 is 19.5 Å². The Hall–Kier alpha value is -3.09. The molecule has 0 spiro atoms. The van der Waals surface area contributed by atoms with Crippen molar-refractivity contribution in [3.05, 3.63) is 60.2 Å². The summed E-state index contributed by atoms with van der Waals surface area (Å²) in [5, 5.41) is 12.1. The molecule has 0 unspecified atom stereocenters. The average molecular weight is 383 g/mol. The Kier molecular flexibility index (Phi) is 7.80. The molecule has 0 aliphatic rings. The van der Waals surface area contributed by atoms with E-state index in [1.165, 1.54) is 18.6 Å². The molecule has 1 aromatic carbocycles. The fraction of sp³-hybridized carbons (Fsp3) is 0.381. The summed E-state index contributed by atoms with van der Waals surface area (Å²) < 4.78 is 0. The molecule has 2 N–H and O–H groups in total. The summed E-state index contributed by atoms with van der Waals surface area (Å²) >= 11 is 0. The third kappa shape index (κ3) is 6.57. The molecule has 2 aromatic rings. The van der Waals surface area contributed by atoms with Gasteiger partial charge in [-0.05, 0) is 24.3 Å². The van der Waals surface area contributed by atoms with Crippen LogP contribution in [0, 0.1) is 11.8 Å². The van der Waals surface area contributed by atoms with E-state index in [-0.39, 0.29) is 30.2 Å². The second-order valence-electron chi connectivity index (χ2n) is 7.14. The number of carbonyl (C=O) groups excluding carboxylic acids is 2. The molecule has 28 heavy (non-hydrogen) atoms. The molecule has 7 heteroatoms. The molecule has 0 aliphatic heterocycles. The van der Waals surface area contributed by atoms with Crippen LogP contribution in [0.1, 0.15) is 42.7 Å². The van der Waals surface area contributed by atoms with Gasteiger partial charge >= 0.3 is 5.97 Å². The van der Waals surface area contributed by atoms with Crippen molar-refractivity contribution >= 4 is 17.7 Å². The fourth-order valence-corrected chi connectivity index (χ4v) is 2.97. The van der Waals surface area contributed by atoms with Gasteiger partial charge in [-0.2, -0.15) is 0 Å². The molecule has 0 saturated carbocycles. The zero-order valence-corrected chi connectivity index (χ0v) is 16.0. The maximum atomic E-state index is 12.9. The Morgan fingerprint density at radius 1 is 1.11 bits per heavy atom. The van der Waals surface area contributed by atoms with E-state index in [2.05, 4.69) is 15.3 Å². The molecule has 7 nitrogen and oxygen atoms in total. The average Bonchev–Trinajstić information content (AvgIpc) is 2.68. The molecular formula is C21H25N3O4. The topological polar surface area (TPSA) is 109 Å². The first kappa shape index (κ1) is 21.2. The molecule has 0 radical (unpaired) electrons. The number of amides is 1. The number of benzene rings is 1. The molecule has 2 rings (SSSR count). The number of carbonyl (C=O) groups is 3. The van der Waals surface area contributed by atoms with Gasteiger partial charge in [-0.25, -0.2) is 4.98 Å². The number of hydrogen-bond donors (Lipinski definition) is 2. The Bertz CT molecular complexity index is 794. The van der Waals surface area contributed by atoms with Crippen LogP contribution in [0.4, 0.5) is 0 Å². The number of carboxylic acid groups (broad SMARTS) is 1. The van der Waals surface area contributed by atoms with E-state index in [4.69, 9.17) is 0 Å². The summed E-state index contributed by atoms with van der Waals surface area (Å²) in [6.07, 6.45) is 4.71. The number of carboxylic acids is 1. The Labute approximate surface area is 164 Å². The number of aromatic nitrogens is 2. The van der Waals surface area contributed by atoms with Crippen LogP contribution in [0.2, 0.25) is 0 Å². The van der Waals surface area contributed by atoms with Crippen molar-refractivity contribution in [2.24, 2.45) is 11.8 Å². The number of hydrogen-bond acceptors (Lipinski definition) is 5. The van der Waals surface area contributed by atoms with Crippen molar-refractivity contribution in [1.29, 1.82) is 0 Å². The van der Waals surface area contributed by atoms with E-state index in [1.807, 2.05) is 44.2 Å². The van der Waals surface area contributed by atoms with Gasteiger partial charge in [-0.1, -0.05) is 44.2 Å². The number of Topliss-reactive ketones (excluding diaryl/α,β-unsaturated/α-hetero) is 1. The number of ketones is 1. The standard InChI is InChI=1S/C21H25N3O4/c1-14(2)10-16(21(27)28)12-19(25)17(11-15-6-4-3-5-7-15)24-20(26)18-13-22-8-9-23-18/h3-9,13-14,16-17H,10-12H2,1-2H3,(H,24,26)(H,27,28)/t16-,17+/m1/s1. The highest BCUT2D eigenvalue weighted by Gasteiger charge is 2.28. The van der Waals surface area contributed by atoms with Crippen LogP contribution in [0.5, 0.6) is 0 Å². The Morgan fingerprint density at radius 3 is 2.39 bits per heavy atom. The van der Waals surface area contributed by atoms with Gasteiger partial charge in [0.15, 0.2) is 5.78 Å². The van der Waals surface area contributed by atoms with E-state index in [0.717, 1.165) is 5.56 Å². The molecule has 0 fully saturated rings. The van der Waals surface area contributed by atoms with Gasteiger partial charge < -0.3 is 10.4 Å². The Balaban J connectivity index is 2.17. The van der Waals surface area contributed by atoms with Crippen LogP contribution in [0.25, 0.3) is 0 Å². The lowest BCUT2D eigenvalue weighted by Gasteiger charge is -2.20. The van der Waals surface area contributed by atoms with Crippen molar-refractivity contribution in [1.82, 2.24) is 15.3 Å². The van der Waals surface area contributed by atoms with Crippen LogP contribution in [-0.2, 0) is 16.0 Å². The first-order valence-corrected chi connectivity index (χ1v) is 9.23. The van der Waals surface area contributed by atoms with Crippen molar-refractivity contribution in [3.63, 3.8) is 0 Å². The highest BCUT2D eigenvalue weighted by Crippen LogP contribution is 2.18. The summed E-state index contributed by atoms with van der Waals surface area (Å²) in [5.74, 6) is -2.46. The molecule has 0 bridgehead atoms. The van der Waals surface area contributed by atoms with Gasteiger partial charge in [0.05, 0.1) is 18.2 Å². The van der Waals surface area contributed by atoms with Gasteiger partial charge in [0.25, 0.3) is 5.91 Å². The van der Waals surface area contributed by atoms with E-state index < -0.39 is 23.8 Å². The minimum absolute atomic E-state index is 0.102. The third-order valence-electron chi connectivity index (χ3n) is 4.33. The van der Waals surface area contributed by atoms with Gasteiger partial charge in [0.1, 0.15) is 5.69 Å². The first-order valence-electron chi connectivity index (χ1n) is 9.23. The van der Waals surface area contributed by atoms with Gasteiger partial charge in [-0.15, -0.1) is 0 Å². The van der Waals surface area contributed by atoms with E-state index >= 15 is 0 Å². The monoisotopic (exact) mass is 383 g/mol. The molecule has 0 aliphatic carbocycles.